The molecule has 1 aliphatic heterocycles. The minimum Gasteiger partial charge on any atom is -0.497 e. The minimum absolute atomic E-state index is 0.0774. The van der Waals surface area contributed by atoms with E-state index in [2.05, 4.69) is 4.98 Å². The van der Waals surface area contributed by atoms with Crippen molar-refractivity contribution in [1.29, 1.82) is 0 Å². The van der Waals surface area contributed by atoms with Crippen LogP contribution in [0, 0.1) is 6.92 Å². The molecule has 1 aromatic heterocycles. The SMILES string of the molecule is COc1ccc(CN2C(=O)COc3c(Oc4ccc(N)c(C)c4)ccnc32)cc1. The van der Waals surface area contributed by atoms with Gasteiger partial charge in [0.15, 0.2) is 18.2 Å². The lowest BCUT2D eigenvalue weighted by molar-refractivity contribution is -0.121. The van der Waals surface area contributed by atoms with Crippen molar-refractivity contribution >= 4 is 17.4 Å². The number of benzene rings is 2. The summed E-state index contributed by atoms with van der Waals surface area (Å²) in [6.07, 6.45) is 1.60. The third-order valence-electron chi connectivity index (χ3n) is 4.72. The molecule has 0 spiro atoms. The van der Waals surface area contributed by atoms with E-state index in [1.807, 2.05) is 37.3 Å². The van der Waals surface area contributed by atoms with Gasteiger partial charge < -0.3 is 19.9 Å². The van der Waals surface area contributed by atoms with Gasteiger partial charge in [-0.25, -0.2) is 4.98 Å². The zero-order chi connectivity index (χ0) is 20.4. The highest BCUT2D eigenvalue weighted by molar-refractivity contribution is 5.97. The van der Waals surface area contributed by atoms with Gasteiger partial charge >= 0.3 is 0 Å². The van der Waals surface area contributed by atoms with Crippen LogP contribution in [0.25, 0.3) is 0 Å². The van der Waals surface area contributed by atoms with E-state index in [0.717, 1.165) is 16.9 Å². The molecule has 0 unspecified atom stereocenters. The summed E-state index contributed by atoms with van der Waals surface area (Å²) in [5.74, 6) is 2.59. The standard InChI is InChI=1S/C22H21N3O4/c1-14-11-17(7-8-18(14)23)29-19-9-10-24-22-21(19)28-13-20(26)25(22)12-15-3-5-16(27-2)6-4-15/h3-11H,12-13,23H2,1-2H3. The fourth-order valence-corrected chi connectivity index (χ4v) is 3.07. The molecule has 0 fully saturated rings. The number of amides is 1. The van der Waals surface area contributed by atoms with E-state index >= 15 is 0 Å². The second-order valence-corrected chi connectivity index (χ2v) is 6.70. The topological polar surface area (TPSA) is 86.9 Å². The van der Waals surface area contributed by atoms with Gasteiger partial charge in [-0.2, -0.15) is 0 Å². The molecular weight excluding hydrogens is 370 g/mol. The Morgan fingerprint density at radius 3 is 2.62 bits per heavy atom. The Balaban J connectivity index is 1.63. The predicted molar refractivity (Wildman–Crippen MR) is 110 cm³/mol. The first-order valence-corrected chi connectivity index (χ1v) is 9.14. The molecule has 2 N–H and O–H groups in total. The van der Waals surface area contributed by atoms with Gasteiger partial charge in [0.25, 0.3) is 5.91 Å². The normalized spacial score (nSPS) is 12.9. The number of aryl methyl sites for hydroxylation is 1. The Morgan fingerprint density at radius 1 is 1.14 bits per heavy atom. The Morgan fingerprint density at radius 2 is 1.90 bits per heavy atom. The van der Waals surface area contributed by atoms with Crippen LogP contribution in [0.3, 0.4) is 0 Å². The Kier molecular flexibility index (Phi) is 4.95. The fraction of sp³-hybridized carbons (Fsp3) is 0.182. The number of aromatic nitrogens is 1. The number of nitrogens with zero attached hydrogens (tertiary/aromatic N) is 2. The fourth-order valence-electron chi connectivity index (χ4n) is 3.07. The second-order valence-electron chi connectivity index (χ2n) is 6.70. The van der Waals surface area contributed by atoms with E-state index < -0.39 is 0 Å². The van der Waals surface area contributed by atoms with Gasteiger partial charge in [0.1, 0.15) is 11.5 Å². The van der Waals surface area contributed by atoms with Crippen LogP contribution in [0.1, 0.15) is 11.1 Å². The van der Waals surface area contributed by atoms with E-state index in [0.29, 0.717) is 35.3 Å². The number of rotatable bonds is 5. The van der Waals surface area contributed by atoms with E-state index in [9.17, 15) is 4.79 Å². The summed E-state index contributed by atoms with van der Waals surface area (Å²) in [6.45, 7) is 2.21. The highest BCUT2D eigenvalue weighted by Gasteiger charge is 2.30. The summed E-state index contributed by atoms with van der Waals surface area (Å²) in [6, 6.07) is 14.7. The first-order chi connectivity index (χ1) is 14.0. The molecule has 7 heteroatoms. The number of methoxy groups -OCH3 is 1. The predicted octanol–water partition coefficient (Wildman–Crippen LogP) is 3.70. The molecule has 3 aromatic rings. The maximum absolute atomic E-state index is 12.5. The minimum atomic E-state index is -0.165. The Hall–Kier alpha value is -3.74. The number of fused-ring (bicyclic) bond motifs is 1. The molecule has 4 rings (SSSR count). The lowest BCUT2D eigenvalue weighted by Gasteiger charge is -2.29. The first kappa shape index (κ1) is 18.6. The molecule has 0 aliphatic carbocycles. The molecule has 0 saturated heterocycles. The van der Waals surface area contributed by atoms with Gasteiger partial charge in [0, 0.05) is 18.0 Å². The van der Waals surface area contributed by atoms with E-state index in [4.69, 9.17) is 19.9 Å². The average molecular weight is 391 g/mol. The molecule has 148 valence electrons. The molecule has 0 saturated carbocycles. The first-order valence-electron chi connectivity index (χ1n) is 9.14. The second kappa shape index (κ2) is 7.71. The number of nitrogens with two attached hydrogens (primary N) is 1. The van der Waals surface area contributed by atoms with Gasteiger partial charge in [-0.1, -0.05) is 12.1 Å². The maximum atomic E-state index is 12.5. The highest BCUT2D eigenvalue weighted by atomic mass is 16.5. The van der Waals surface area contributed by atoms with E-state index in [1.54, 1.807) is 36.4 Å². The molecule has 1 aliphatic rings. The average Bonchev–Trinajstić information content (AvgIpc) is 2.73. The molecule has 7 nitrogen and oxygen atoms in total. The lowest BCUT2D eigenvalue weighted by atomic mass is 10.2. The highest BCUT2D eigenvalue weighted by Crippen LogP contribution is 2.41. The maximum Gasteiger partial charge on any atom is 0.266 e. The van der Waals surface area contributed by atoms with Gasteiger partial charge in [-0.05, 0) is 48.4 Å². The lowest BCUT2D eigenvalue weighted by Crippen LogP contribution is -2.39. The number of carbonyl (C=O) groups excluding carboxylic acids is 1. The van der Waals surface area contributed by atoms with Crippen molar-refractivity contribution < 1.29 is 19.0 Å². The van der Waals surface area contributed by atoms with Gasteiger partial charge in [0.2, 0.25) is 5.75 Å². The van der Waals surface area contributed by atoms with Crippen molar-refractivity contribution in [2.45, 2.75) is 13.5 Å². The number of ether oxygens (including phenoxy) is 3. The van der Waals surface area contributed by atoms with Crippen molar-refractivity contribution in [1.82, 2.24) is 4.98 Å². The zero-order valence-electron chi connectivity index (χ0n) is 16.2. The van der Waals surface area contributed by atoms with Gasteiger partial charge in [-0.15, -0.1) is 0 Å². The monoisotopic (exact) mass is 391 g/mol. The third-order valence-corrected chi connectivity index (χ3v) is 4.72. The third kappa shape index (κ3) is 3.80. The number of anilines is 2. The van der Waals surface area contributed by atoms with Crippen molar-refractivity contribution in [2.24, 2.45) is 0 Å². The summed E-state index contributed by atoms with van der Waals surface area (Å²) in [5, 5.41) is 0. The van der Waals surface area contributed by atoms with Crippen LogP contribution in [0.5, 0.6) is 23.0 Å². The van der Waals surface area contributed by atoms with Crippen LogP contribution < -0.4 is 24.8 Å². The van der Waals surface area contributed by atoms with E-state index in [1.165, 1.54) is 0 Å². The van der Waals surface area contributed by atoms with Crippen molar-refractivity contribution in [3.8, 4) is 23.0 Å². The number of pyridine rings is 1. The number of carbonyl (C=O) groups is 1. The van der Waals surface area contributed by atoms with E-state index in [-0.39, 0.29) is 12.5 Å². The van der Waals surface area contributed by atoms with Crippen LogP contribution in [-0.2, 0) is 11.3 Å². The summed E-state index contributed by atoms with van der Waals surface area (Å²) < 4.78 is 16.9. The van der Waals surface area contributed by atoms with Crippen LogP contribution in [-0.4, -0.2) is 24.6 Å². The summed E-state index contributed by atoms with van der Waals surface area (Å²) in [5.41, 5.74) is 8.44. The number of hydrogen-bond donors (Lipinski definition) is 1. The van der Waals surface area contributed by atoms with Gasteiger partial charge in [-0.3, -0.25) is 9.69 Å². The molecule has 2 heterocycles. The largest absolute Gasteiger partial charge is 0.497 e. The van der Waals surface area contributed by atoms with Crippen molar-refractivity contribution in [3.63, 3.8) is 0 Å². The zero-order valence-corrected chi connectivity index (χ0v) is 16.2. The quantitative estimate of drug-likeness (QED) is 0.668. The molecule has 1 amide bonds. The van der Waals surface area contributed by atoms with Gasteiger partial charge in [0.05, 0.1) is 13.7 Å². The summed E-state index contributed by atoms with van der Waals surface area (Å²) in [7, 11) is 1.62. The van der Waals surface area contributed by atoms with Crippen molar-refractivity contribution in [3.05, 3.63) is 65.9 Å². The van der Waals surface area contributed by atoms with Crippen LogP contribution in [0.2, 0.25) is 0 Å². The number of nitrogen functional groups attached to an aromatic ring is 1. The summed E-state index contributed by atoms with van der Waals surface area (Å²) in [4.78, 5) is 18.5. The number of hydrogen-bond acceptors (Lipinski definition) is 6. The smallest absolute Gasteiger partial charge is 0.266 e. The molecule has 0 atom stereocenters. The molecule has 0 radical (unpaired) electrons. The molecule has 2 aromatic carbocycles. The summed E-state index contributed by atoms with van der Waals surface area (Å²) >= 11 is 0. The van der Waals surface area contributed by atoms with Crippen LogP contribution in [0.4, 0.5) is 11.5 Å². The Bertz CT molecular complexity index is 1050. The molecule has 29 heavy (non-hydrogen) atoms. The van der Waals surface area contributed by atoms with Crippen LogP contribution >= 0.6 is 0 Å². The van der Waals surface area contributed by atoms with Crippen molar-refractivity contribution in [2.75, 3.05) is 24.4 Å². The van der Waals surface area contributed by atoms with Crippen LogP contribution in [0.15, 0.2) is 54.7 Å². The molecular formula is C22H21N3O4. The Labute approximate surface area is 168 Å². The molecule has 0 bridgehead atoms.